The fourth-order valence-electron chi connectivity index (χ4n) is 3.84. The Balaban J connectivity index is 1.40. The van der Waals surface area contributed by atoms with E-state index in [2.05, 4.69) is 10.6 Å². The van der Waals surface area contributed by atoms with Crippen molar-refractivity contribution >= 4 is 40.5 Å². The van der Waals surface area contributed by atoms with Gasteiger partial charge in [0.15, 0.2) is 6.17 Å². The minimum absolute atomic E-state index is 0.363. The van der Waals surface area contributed by atoms with Crippen LogP contribution in [-0.2, 0) is 0 Å². The van der Waals surface area contributed by atoms with Gasteiger partial charge in [0, 0.05) is 22.1 Å². The molecule has 1 aliphatic rings. The molecule has 0 saturated carbocycles. The van der Waals surface area contributed by atoms with Gasteiger partial charge in [-0.1, -0.05) is 23.7 Å². The van der Waals surface area contributed by atoms with Crippen LogP contribution in [0.25, 0.3) is 5.82 Å². The van der Waals surface area contributed by atoms with Crippen LogP contribution in [0.1, 0.15) is 11.7 Å². The Morgan fingerprint density at radius 1 is 0.971 bits per heavy atom. The number of amides is 2. The first-order valence-corrected chi connectivity index (χ1v) is 11.2. The largest absolute Gasteiger partial charge is 0.497 e. The predicted molar refractivity (Wildman–Crippen MR) is 136 cm³/mol. The highest BCUT2D eigenvalue weighted by atomic mass is 35.5. The van der Waals surface area contributed by atoms with E-state index in [-0.39, 0.29) is 6.03 Å². The number of hydrogen-bond acceptors (Lipinski definition) is 6. The summed E-state index contributed by atoms with van der Waals surface area (Å²) in [5, 5.41) is 6.91. The number of hydrogen-bond donors (Lipinski definition) is 3. The zero-order valence-corrected chi connectivity index (χ0v) is 19.5. The Kier molecular flexibility index (Phi) is 6.03. The van der Waals surface area contributed by atoms with E-state index in [0.717, 1.165) is 22.2 Å². The fourth-order valence-corrected chi connectivity index (χ4v) is 3.96. The number of rotatable bonds is 5. The molecule has 0 saturated heterocycles. The first-order valence-electron chi connectivity index (χ1n) is 10.8. The molecule has 8 nitrogen and oxygen atoms in total. The van der Waals surface area contributed by atoms with Crippen molar-refractivity contribution in [3.63, 3.8) is 0 Å². The topological polar surface area (TPSA) is 105 Å². The second kappa shape index (κ2) is 9.44. The van der Waals surface area contributed by atoms with Crippen molar-refractivity contribution in [1.29, 1.82) is 0 Å². The highest BCUT2D eigenvalue weighted by Crippen LogP contribution is 2.33. The van der Waals surface area contributed by atoms with E-state index in [1.165, 1.54) is 0 Å². The van der Waals surface area contributed by atoms with E-state index in [0.29, 0.717) is 27.8 Å². The molecule has 176 valence electrons. The van der Waals surface area contributed by atoms with Crippen LogP contribution in [0.5, 0.6) is 5.75 Å². The molecule has 2 heterocycles. The predicted octanol–water partition coefficient (Wildman–Crippen LogP) is 4.45. The molecule has 4 N–H and O–H groups in total. The molecule has 0 radical (unpaired) electrons. The van der Waals surface area contributed by atoms with Crippen molar-refractivity contribution in [2.75, 3.05) is 22.6 Å². The summed E-state index contributed by atoms with van der Waals surface area (Å²) in [6.07, 6.45) is 1.13. The lowest BCUT2D eigenvalue weighted by molar-refractivity contribution is 0.262. The van der Waals surface area contributed by atoms with Crippen molar-refractivity contribution in [1.82, 2.24) is 0 Å². The average Bonchev–Trinajstić information content (AvgIpc) is 3.35. The molecule has 1 aromatic heterocycles. The van der Waals surface area contributed by atoms with E-state index in [9.17, 15) is 4.79 Å². The molecule has 0 aliphatic carbocycles. The SMILES string of the molecule is COc1ccc(C2N=c3occc3=C(N)N2c2ccc(NC(=O)Nc3ccc(Cl)cc3)cc2)cc1. The average molecular weight is 488 g/mol. The molecule has 2 amide bonds. The van der Waals surface area contributed by atoms with Gasteiger partial charge >= 0.3 is 6.03 Å². The summed E-state index contributed by atoms with van der Waals surface area (Å²) in [5.41, 5.74) is 10.0. The Bertz CT molecular complexity index is 1470. The van der Waals surface area contributed by atoms with Crippen LogP contribution in [0.3, 0.4) is 0 Å². The Hall–Kier alpha value is -4.43. The summed E-state index contributed by atoms with van der Waals surface area (Å²) >= 11 is 5.89. The highest BCUT2D eigenvalue weighted by Gasteiger charge is 2.27. The molecule has 9 heteroatoms. The number of halogens is 1. The lowest BCUT2D eigenvalue weighted by atomic mass is 10.1. The third-order valence-corrected chi connectivity index (χ3v) is 5.84. The molecule has 1 atom stereocenters. The number of carbonyl (C=O) groups is 1. The van der Waals surface area contributed by atoms with Gasteiger partial charge in [0.1, 0.15) is 11.6 Å². The summed E-state index contributed by atoms with van der Waals surface area (Å²) in [6, 6.07) is 23.3. The lowest BCUT2D eigenvalue weighted by Gasteiger charge is -2.33. The van der Waals surface area contributed by atoms with Crippen molar-refractivity contribution in [2.45, 2.75) is 6.17 Å². The van der Waals surface area contributed by atoms with Gasteiger partial charge in [-0.2, -0.15) is 0 Å². The monoisotopic (exact) mass is 487 g/mol. The quantitative estimate of drug-likeness (QED) is 0.386. The molecule has 5 rings (SSSR count). The van der Waals surface area contributed by atoms with Gasteiger partial charge in [0.05, 0.1) is 18.6 Å². The third kappa shape index (κ3) is 4.64. The van der Waals surface area contributed by atoms with Gasteiger partial charge < -0.3 is 30.4 Å². The Labute approximate surface area is 206 Å². The van der Waals surface area contributed by atoms with Crippen LogP contribution < -0.4 is 36.8 Å². The van der Waals surface area contributed by atoms with Crippen LogP contribution in [0, 0.1) is 0 Å². The summed E-state index contributed by atoms with van der Waals surface area (Å²) in [5.74, 6) is 1.27. The molecule has 4 aromatic rings. The number of nitrogens with one attached hydrogen (secondary N) is 2. The Morgan fingerprint density at radius 2 is 1.60 bits per heavy atom. The number of benzene rings is 3. The molecule has 0 fully saturated rings. The van der Waals surface area contributed by atoms with Crippen molar-refractivity contribution < 1.29 is 13.9 Å². The van der Waals surface area contributed by atoms with Gasteiger partial charge in [-0.25, -0.2) is 9.79 Å². The summed E-state index contributed by atoms with van der Waals surface area (Å²) in [6.45, 7) is 0. The molecule has 35 heavy (non-hydrogen) atoms. The third-order valence-electron chi connectivity index (χ3n) is 5.58. The Morgan fingerprint density at radius 3 is 2.23 bits per heavy atom. The van der Waals surface area contributed by atoms with E-state index in [1.54, 1.807) is 55.8 Å². The van der Waals surface area contributed by atoms with Crippen LogP contribution in [-0.4, -0.2) is 13.1 Å². The minimum atomic E-state index is -0.438. The summed E-state index contributed by atoms with van der Waals surface area (Å²) in [7, 11) is 1.62. The number of fused-ring (bicyclic) bond motifs is 1. The zero-order chi connectivity index (χ0) is 24.4. The van der Waals surface area contributed by atoms with Gasteiger partial charge in [-0.3, -0.25) is 0 Å². The second-order valence-electron chi connectivity index (χ2n) is 7.80. The minimum Gasteiger partial charge on any atom is -0.497 e. The van der Waals surface area contributed by atoms with E-state index >= 15 is 0 Å². The number of nitrogens with zero attached hydrogens (tertiary/aromatic N) is 2. The first kappa shape index (κ1) is 22.4. The van der Waals surface area contributed by atoms with E-state index < -0.39 is 6.17 Å². The van der Waals surface area contributed by atoms with Crippen molar-refractivity contribution in [3.05, 3.63) is 106 Å². The van der Waals surface area contributed by atoms with Gasteiger partial charge in [-0.05, 0) is 72.3 Å². The van der Waals surface area contributed by atoms with Crippen LogP contribution >= 0.6 is 11.6 Å². The van der Waals surface area contributed by atoms with E-state index in [1.807, 2.05) is 41.3 Å². The number of ether oxygens (including phenoxy) is 1. The number of furan rings is 1. The van der Waals surface area contributed by atoms with Gasteiger partial charge in [-0.15, -0.1) is 0 Å². The smallest absolute Gasteiger partial charge is 0.323 e. The van der Waals surface area contributed by atoms with Crippen molar-refractivity contribution in [2.24, 2.45) is 10.7 Å². The molecule has 1 aliphatic heterocycles. The number of methoxy groups -OCH3 is 1. The number of carbonyl (C=O) groups excluding carboxylic acids is 1. The fraction of sp³-hybridized carbons (Fsp3) is 0.0769. The molecule has 3 aromatic carbocycles. The molecule has 0 spiro atoms. The number of anilines is 3. The number of nitrogens with two attached hydrogens (primary N) is 1. The molecular weight excluding hydrogens is 466 g/mol. The maximum Gasteiger partial charge on any atom is 0.323 e. The normalized spacial score (nSPS) is 14.6. The summed E-state index contributed by atoms with van der Waals surface area (Å²) in [4.78, 5) is 19.1. The first-order chi connectivity index (χ1) is 17.0. The molecule has 0 bridgehead atoms. The van der Waals surface area contributed by atoms with Crippen LogP contribution in [0.2, 0.25) is 5.02 Å². The highest BCUT2D eigenvalue weighted by molar-refractivity contribution is 6.30. The summed E-state index contributed by atoms with van der Waals surface area (Å²) < 4.78 is 10.8. The second-order valence-corrected chi connectivity index (χ2v) is 8.24. The van der Waals surface area contributed by atoms with Crippen LogP contribution in [0.15, 0.2) is 94.5 Å². The van der Waals surface area contributed by atoms with E-state index in [4.69, 9.17) is 31.5 Å². The molecule has 1 unspecified atom stereocenters. The standard InChI is InChI=1S/C26H22ClN5O3/c1-34-21-12-2-16(3-13-21)24-31-25-22(14-15-35-25)23(28)32(24)20-10-8-19(9-11-20)30-26(33)29-18-6-4-17(27)5-7-18/h2-15,24H,28H2,1H3,(H2,29,30,33). The zero-order valence-electron chi connectivity index (χ0n) is 18.7. The maximum absolute atomic E-state index is 12.4. The van der Waals surface area contributed by atoms with Gasteiger partial charge in [0.25, 0.3) is 0 Å². The van der Waals surface area contributed by atoms with Crippen LogP contribution in [0.4, 0.5) is 21.9 Å². The lowest BCUT2D eigenvalue weighted by Crippen LogP contribution is -2.43. The van der Waals surface area contributed by atoms with Gasteiger partial charge in [0.2, 0.25) is 5.55 Å². The van der Waals surface area contributed by atoms with Crippen molar-refractivity contribution in [3.8, 4) is 5.75 Å². The molecular formula is C26H22ClN5O3. The maximum atomic E-state index is 12.4. The number of urea groups is 1.